The zero-order valence-corrected chi connectivity index (χ0v) is 9.69. The van der Waals surface area contributed by atoms with Crippen LogP contribution in [0.15, 0.2) is 12.4 Å². The van der Waals surface area contributed by atoms with Gasteiger partial charge in [0.1, 0.15) is 0 Å². The molecule has 84 valence electrons. The van der Waals surface area contributed by atoms with Crippen LogP contribution in [0.1, 0.15) is 31.2 Å². The molecule has 2 aliphatic rings. The number of nitriles is 1. The van der Waals surface area contributed by atoms with E-state index in [0.717, 1.165) is 18.8 Å². The summed E-state index contributed by atoms with van der Waals surface area (Å²) < 4.78 is 1.83. The fourth-order valence-electron chi connectivity index (χ4n) is 3.76. The second kappa shape index (κ2) is 3.35. The number of aryl methyl sites for hydroxylation is 1. The Labute approximate surface area is 96.1 Å². The molecule has 2 aliphatic carbocycles. The highest BCUT2D eigenvalue weighted by Gasteiger charge is 2.51. The number of fused-ring (bicyclic) bond motifs is 2. The molecule has 3 atom stereocenters. The highest BCUT2D eigenvalue weighted by atomic mass is 15.2. The Balaban J connectivity index is 1.85. The van der Waals surface area contributed by atoms with E-state index in [1.165, 1.54) is 24.8 Å². The Morgan fingerprint density at radius 3 is 3.00 bits per heavy atom. The molecule has 16 heavy (non-hydrogen) atoms. The highest BCUT2D eigenvalue weighted by molar-refractivity contribution is 5.19. The molecule has 0 aromatic carbocycles. The summed E-state index contributed by atoms with van der Waals surface area (Å²) in [6.45, 7) is 0. The van der Waals surface area contributed by atoms with Gasteiger partial charge in [0.15, 0.2) is 0 Å². The summed E-state index contributed by atoms with van der Waals surface area (Å²) in [5.74, 6) is 1.46. The first-order chi connectivity index (χ1) is 7.72. The Morgan fingerprint density at radius 2 is 2.50 bits per heavy atom. The zero-order chi connectivity index (χ0) is 11.2. The lowest BCUT2D eigenvalue weighted by molar-refractivity contribution is 0.239. The van der Waals surface area contributed by atoms with Gasteiger partial charge in [-0.2, -0.15) is 10.4 Å². The minimum absolute atomic E-state index is 0.0774. The van der Waals surface area contributed by atoms with Crippen LogP contribution in [0, 0.1) is 28.6 Å². The summed E-state index contributed by atoms with van der Waals surface area (Å²) in [6.07, 6.45) is 9.87. The molecule has 3 rings (SSSR count). The smallest absolute Gasteiger partial charge is 0.0696 e. The van der Waals surface area contributed by atoms with Crippen LogP contribution in [-0.4, -0.2) is 9.78 Å². The maximum Gasteiger partial charge on any atom is 0.0696 e. The van der Waals surface area contributed by atoms with Gasteiger partial charge in [0.2, 0.25) is 0 Å². The van der Waals surface area contributed by atoms with Crippen molar-refractivity contribution in [3.63, 3.8) is 0 Å². The van der Waals surface area contributed by atoms with Crippen LogP contribution in [0.5, 0.6) is 0 Å². The maximum atomic E-state index is 9.53. The van der Waals surface area contributed by atoms with E-state index in [4.69, 9.17) is 0 Å². The lowest BCUT2D eigenvalue weighted by Crippen LogP contribution is -2.28. The Hall–Kier alpha value is -1.30. The van der Waals surface area contributed by atoms with Crippen LogP contribution in [0.25, 0.3) is 0 Å². The van der Waals surface area contributed by atoms with Gasteiger partial charge < -0.3 is 0 Å². The van der Waals surface area contributed by atoms with E-state index in [1.54, 1.807) is 0 Å². The van der Waals surface area contributed by atoms with E-state index < -0.39 is 0 Å². The molecule has 0 saturated heterocycles. The summed E-state index contributed by atoms with van der Waals surface area (Å²) in [5.41, 5.74) is 1.14. The minimum Gasteiger partial charge on any atom is -0.276 e. The monoisotopic (exact) mass is 215 g/mol. The molecule has 0 N–H and O–H groups in total. The van der Waals surface area contributed by atoms with Gasteiger partial charge in [-0.1, -0.05) is 6.42 Å². The van der Waals surface area contributed by atoms with Crippen molar-refractivity contribution in [1.82, 2.24) is 9.78 Å². The summed E-state index contributed by atoms with van der Waals surface area (Å²) in [7, 11) is 1.93. The van der Waals surface area contributed by atoms with Gasteiger partial charge in [0.05, 0.1) is 17.7 Å². The van der Waals surface area contributed by atoms with Crippen LogP contribution in [-0.2, 0) is 13.5 Å². The van der Waals surface area contributed by atoms with Crippen molar-refractivity contribution in [2.24, 2.45) is 24.3 Å². The second-order valence-electron chi connectivity index (χ2n) is 5.55. The average Bonchev–Trinajstić information content (AvgIpc) is 2.94. The first-order valence-corrected chi connectivity index (χ1v) is 6.11. The van der Waals surface area contributed by atoms with E-state index >= 15 is 0 Å². The molecule has 1 aromatic rings. The molecule has 0 spiro atoms. The quantitative estimate of drug-likeness (QED) is 0.759. The second-order valence-corrected chi connectivity index (χ2v) is 5.55. The van der Waals surface area contributed by atoms with Crippen LogP contribution >= 0.6 is 0 Å². The summed E-state index contributed by atoms with van der Waals surface area (Å²) >= 11 is 0. The molecule has 1 aromatic heterocycles. The topological polar surface area (TPSA) is 41.6 Å². The van der Waals surface area contributed by atoms with Crippen molar-refractivity contribution < 1.29 is 0 Å². The molecule has 2 fully saturated rings. The molecule has 1 heterocycles. The number of aromatic nitrogens is 2. The fraction of sp³-hybridized carbons (Fsp3) is 0.692. The predicted molar refractivity (Wildman–Crippen MR) is 60.4 cm³/mol. The van der Waals surface area contributed by atoms with Crippen molar-refractivity contribution >= 4 is 0 Å². The standard InChI is InChI=1S/C13H17N3/c1-16-8-11(7-15-16)6-13(9-14)5-10-2-3-12(13)4-10/h7-8,10,12H,2-6H2,1H3. The molecule has 3 nitrogen and oxygen atoms in total. The van der Waals surface area contributed by atoms with Gasteiger partial charge in [0.25, 0.3) is 0 Å². The third-order valence-corrected chi connectivity index (χ3v) is 4.48. The van der Waals surface area contributed by atoms with Crippen LogP contribution in [0.2, 0.25) is 0 Å². The van der Waals surface area contributed by atoms with Crippen molar-refractivity contribution in [3.8, 4) is 6.07 Å². The molecular formula is C13H17N3. The molecule has 0 amide bonds. The van der Waals surface area contributed by atoms with Gasteiger partial charge in [-0.25, -0.2) is 0 Å². The van der Waals surface area contributed by atoms with Gasteiger partial charge in [-0.15, -0.1) is 0 Å². The molecule has 0 aliphatic heterocycles. The summed E-state index contributed by atoms with van der Waals surface area (Å²) in [4.78, 5) is 0. The SMILES string of the molecule is Cn1cc(CC2(C#N)CC3CCC2C3)cn1. The average molecular weight is 215 g/mol. The van der Waals surface area contributed by atoms with Crippen molar-refractivity contribution in [1.29, 1.82) is 5.26 Å². The highest BCUT2D eigenvalue weighted by Crippen LogP contribution is 2.56. The predicted octanol–water partition coefficient (Wildman–Crippen LogP) is 2.29. The Bertz CT molecular complexity index is 442. The van der Waals surface area contributed by atoms with E-state index in [2.05, 4.69) is 11.2 Å². The lowest BCUT2D eigenvalue weighted by Gasteiger charge is -2.30. The number of hydrogen-bond donors (Lipinski definition) is 0. The van der Waals surface area contributed by atoms with Gasteiger partial charge >= 0.3 is 0 Å². The van der Waals surface area contributed by atoms with Crippen LogP contribution < -0.4 is 0 Å². The third-order valence-electron chi connectivity index (χ3n) is 4.48. The lowest BCUT2D eigenvalue weighted by atomic mass is 9.71. The van der Waals surface area contributed by atoms with E-state index in [1.807, 2.05) is 24.1 Å². The van der Waals surface area contributed by atoms with E-state index in [-0.39, 0.29) is 5.41 Å². The number of rotatable bonds is 2. The summed E-state index contributed by atoms with van der Waals surface area (Å²) in [5, 5.41) is 13.7. The van der Waals surface area contributed by atoms with Crippen molar-refractivity contribution in [3.05, 3.63) is 18.0 Å². The van der Waals surface area contributed by atoms with Crippen LogP contribution in [0.3, 0.4) is 0 Å². The largest absolute Gasteiger partial charge is 0.276 e. The molecule has 3 unspecified atom stereocenters. The third kappa shape index (κ3) is 1.36. The Morgan fingerprint density at radius 1 is 1.62 bits per heavy atom. The van der Waals surface area contributed by atoms with E-state index in [9.17, 15) is 5.26 Å². The molecular weight excluding hydrogens is 198 g/mol. The number of hydrogen-bond acceptors (Lipinski definition) is 2. The van der Waals surface area contributed by atoms with Gasteiger partial charge in [-0.05, 0) is 43.1 Å². The summed E-state index contributed by atoms with van der Waals surface area (Å²) in [6, 6.07) is 2.63. The van der Waals surface area contributed by atoms with Gasteiger partial charge in [0, 0.05) is 13.2 Å². The van der Waals surface area contributed by atoms with Crippen molar-refractivity contribution in [2.75, 3.05) is 0 Å². The van der Waals surface area contributed by atoms with E-state index in [0.29, 0.717) is 5.92 Å². The first-order valence-electron chi connectivity index (χ1n) is 6.11. The van der Waals surface area contributed by atoms with Gasteiger partial charge in [-0.3, -0.25) is 4.68 Å². The molecule has 0 radical (unpaired) electrons. The Kier molecular flexibility index (Phi) is 2.07. The molecule has 2 saturated carbocycles. The zero-order valence-electron chi connectivity index (χ0n) is 9.69. The minimum atomic E-state index is -0.0774. The molecule has 2 bridgehead atoms. The number of nitrogens with zero attached hydrogens (tertiary/aromatic N) is 3. The van der Waals surface area contributed by atoms with Crippen molar-refractivity contribution in [2.45, 2.75) is 32.1 Å². The first kappa shape index (κ1) is 9.89. The fourth-order valence-corrected chi connectivity index (χ4v) is 3.76. The maximum absolute atomic E-state index is 9.53. The molecule has 3 heteroatoms. The van der Waals surface area contributed by atoms with Crippen LogP contribution in [0.4, 0.5) is 0 Å². The normalized spacial score (nSPS) is 36.5.